The second kappa shape index (κ2) is 5.89. The summed E-state index contributed by atoms with van der Waals surface area (Å²) in [5.41, 5.74) is 5.66. The van der Waals surface area contributed by atoms with Crippen molar-refractivity contribution in [3.8, 4) is 12.1 Å². The number of carbonyl (C=O) groups excluding carboxylic acids is 1. The van der Waals surface area contributed by atoms with E-state index in [4.69, 9.17) is 21.1 Å². The summed E-state index contributed by atoms with van der Waals surface area (Å²) >= 11 is 0. The molecule has 1 amide bonds. The number of nitrogens with two attached hydrogens (primary N) is 1. The Morgan fingerprint density at radius 1 is 1.35 bits per heavy atom. The Morgan fingerprint density at radius 2 is 2.00 bits per heavy atom. The molecule has 0 radical (unpaired) electrons. The molecule has 1 rings (SSSR count). The van der Waals surface area contributed by atoms with Crippen molar-refractivity contribution < 1.29 is 9.63 Å². The molecule has 0 bridgehead atoms. The van der Waals surface area contributed by atoms with Crippen LogP contribution in [0.15, 0.2) is 29.4 Å². The fourth-order valence-electron chi connectivity index (χ4n) is 0.967. The summed E-state index contributed by atoms with van der Waals surface area (Å²) in [7, 11) is 0. The van der Waals surface area contributed by atoms with Gasteiger partial charge in [0.05, 0.1) is 11.6 Å². The monoisotopic (exact) mass is 228 g/mol. The first-order chi connectivity index (χ1) is 8.17. The number of rotatable bonds is 4. The zero-order chi connectivity index (χ0) is 12.7. The summed E-state index contributed by atoms with van der Waals surface area (Å²) in [5.74, 6) is -0.938. The lowest BCUT2D eigenvalue weighted by Crippen LogP contribution is -2.21. The van der Waals surface area contributed by atoms with Gasteiger partial charge in [-0.1, -0.05) is 17.3 Å². The fraction of sp³-hybridized carbons (Fsp3) is 0.0909. The van der Waals surface area contributed by atoms with Crippen molar-refractivity contribution in [2.45, 2.75) is 6.61 Å². The maximum atomic E-state index is 10.6. The van der Waals surface area contributed by atoms with Crippen LogP contribution in [0.3, 0.4) is 0 Å². The Balaban J connectivity index is 2.60. The molecule has 0 aromatic heterocycles. The van der Waals surface area contributed by atoms with Gasteiger partial charge in [-0.3, -0.25) is 4.79 Å². The molecule has 0 fully saturated rings. The predicted molar refractivity (Wildman–Crippen MR) is 58.2 cm³/mol. The Kier molecular flexibility index (Phi) is 4.23. The van der Waals surface area contributed by atoms with Crippen LogP contribution < -0.4 is 5.73 Å². The minimum absolute atomic E-state index is 0.0875. The molecule has 17 heavy (non-hydrogen) atoms. The van der Waals surface area contributed by atoms with Gasteiger partial charge in [0.25, 0.3) is 5.91 Å². The number of hydrogen-bond donors (Lipinski definition) is 1. The molecule has 6 nitrogen and oxygen atoms in total. The van der Waals surface area contributed by atoms with Gasteiger partial charge < -0.3 is 10.6 Å². The molecule has 0 aliphatic carbocycles. The molecule has 0 heterocycles. The van der Waals surface area contributed by atoms with Gasteiger partial charge in [-0.2, -0.15) is 10.5 Å². The first-order valence-corrected chi connectivity index (χ1v) is 4.56. The first kappa shape index (κ1) is 12.2. The first-order valence-electron chi connectivity index (χ1n) is 4.56. The molecule has 0 atom stereocenters. The number of oxime groups is 1. The van der Waals surface area contributed by atoms with Gasteiger partial charge in [0, 0.05) is 0 Å². The normalized spacial score (nSPS) is 10.1. The second-order valence-electron chi connectivity index (χ2n) is 3.00. The van der Waals surface area contributed by atoms with E-state index in [0.29, 0.717) is 5.56 Å². The number of benzene rings is 1. The zero-order valence-corrected chi connectivity index (χ0v) is 8.75. The Morgan fingerprint density at radius 3 is 2.47 bits per heavy atom. The van der Waals surface area contributed by atoms with Crippen molar-refractivity contribution in [3.05, 3.63) is 35.4 Å². The van der Waals surface area contributed by atoms with Gasteiger partial charge in [-0.25, -0.2) is 0 Å². The molecule has 0 spiro atoms. The van der Waals surface area contributed by atoms with E-state index in [1.807, 2.05) is 6.07 Å². The van der Waals surface area contributed by atoms with Crippen LogP contribution in [0.2, 0.25) is 0 Å². The van der Waals surface area contributed by atoms with E-state index in [-0.39, 0.29) is 6.61 Å². The largest absolute Gasteiger partial charge is 0.390 e. The van der Waals surface area contributed by atoms with E-state index >= 15 is 0 Å². The van der Waals surface area contributed by atoms with Gasteiger partial charge in [0.15, 0.2) is 0 Å². The van der Waals surface area contributed by atoms with E-state index in [2.05, 4.69) is 5.16 Å². The van der Waals surface area contributed by atoms with Crippen LogP contribution in [0.25, 0.3) is 0 Å². The van der Waals surface area contributed by atoms with Gasteiger partial charge in [-0.05, 0) is 17.7 Å². The minimum Gasteiger partial charge on any atom is -0.390 e. The maximum Gasteiger partial charge on any atom is 0.281 e. The third-order valence-corrected chi connectivity index (χ3v) is 1.81. The molecule has 1 aromatic rings. The molecule has 0 saturated heterocycles. The van der Waals surface area contributed by atoms with E-state index in [1.165, 1.54) is 6.07 Å². The highest BCUT2D eigenvalue weighted by atomic mass is 16.6. The van der Waals surface area contributed by atoms with Gasteiger partial charge in [-0.15, -0.1) is 0 Å². The smallest absolute Gasteiger partial charge is 0.281 e. The third kappa shape index (κ3) is 3.65. The van der Waals surface area contributed by atoms with Gasteiger partial charge in [0.1, 0.15) is 12.7 Å². The van der Waals surface area contributed by atoms with Crippen molar-refractivity contribution in [3.63, 3.8) is 0 Å². The number of primary amides is 1. The number of nitriles is 2. The topological polar surface area (TPSA) is 112 Å². The lowest BCUT2D eigenvalue weighted by Gasteiger charge is -1.99. The number of hydrogen-bond acceptors (Lipinski definition) is 5. The van der Waals surface area contributed by atoms with Crippen molar-refractivity contribution in [2.75, 3.05) is 0 Å². The number of nitrogens with zero attached hydrogens (tertiary/aromatic N) is 3. The molecule has 0 aliphatic rings. The Bertz CT molecular complexity index is 520. The SMILES string of the molecule is N#CC(=NOCc1ccc(C#N)cc1)C(N)=O. The van der Waals surface area contributed by atoms with E-state index in [9.17, 15) is 4.79 Å². The van der Waals surface area contributed by atoms with Crippen LogP contribution in [0, 0.1) is 22.7 Å². The quantitative estimate of drug-likeness (QED) is 0.595. The van der Waals surface area contributed by atoms with Crippen LogP contribution in [0.4, 0.5) is 0 Å². The molecule has 2 N–H and O–H groups in total. The molecule has 84 valence electrons. The summed E-state index contributed by atoms with van der Waals surface area (Å²) in [5, 5.41) is 20.3. The molecule has 0 unspecified atom stereocenters. The predicted octanol–water partition coefficient (Wildman–Crippen LogP) is 0.440. The molecule has 6 heteroatoms. The van der Waals surface area contributed by atoms with Crippen LogP contribution in [0.5, 0.6) is 0 Å². The number of carbonyl (C=O) groups is 1. The second-order valence-corrected chi connectivity index (χ2v) is 3.00. The zero-order valence-electron chi connectivity index (χ0n) is 8.75. The highest BCUT2D eigenvalue weighted by Crippen LogP contribution is 2.04. The molecule has 1 aromatic carbocycles. The van der Waals surface area contributed by atoms with Crippen LogP contribution in [0.1, 0.15) is 11.1 Å². The molecule has 0 saturated carbocycles. The maximum absolute atomic E-state index is 10.6. The summed E-state index contributed by atoms with van der Waals surface area (Å²) in [4.78, 5) is 15.4. The van der Waals surface area contributed by atoms with Crippen molar-refractivity contribution in [2.24, 2.45) is 10.9 Å². The summed E-state index contributed by atoms with van der Waals surface area (Å²) in [6.45, 7) is 0.0875. The lowest BCUT2D eigenvalue weighted by molar-refractivity contribution is -0.112. The van der Waals surface area contributed by atoms with Crippen molar-refractivity contribution in [1.29, 1.82) is 10.5 Å². The molecular weight excluding hydrogens is 220 g/mol. The van der Waals surface area contributed by atoms with E-state index in [1.54, 1.807) is 24.3 Å². The van der Waals surface area contributed by atoms with Crippen LogP contribution in [-0.2, 0) is 16.2 Å². The van der Waals surface area contributed by atoms with Crippen molar-refractivity contribution in [1.82, 2.24) is 0 Å². The van der Waals surface area contributed by atoms with Gasteiger partial charge >= 0.3 is 0 Å². The summed E-state index contributed by atoms with van der Waals surface area (Å²) in [6.07, 6.45) is 0. The van der Waals surface area contributed by atoms with Gasteiger partial charge in [0.2, 0.25) is 5.71 Å². The van der Waals surface area contributed by atoms with Crippen molar-refractivity contribution >= 4 is 11.6 Å². The lowest BCUT2D eigenvalue weighted by atomic mass is 10.2. The highest BCUT2D eigenvalue weighted by Gasteiger charge is 2.05. The molecule has 0 aliphatic heterocycles. The molecular formula is C11H8N4O2. The standard InChI is InChI=1S/C11H8N4O2/c12-5-8-1-3-9(4-2-8)7-17-15-10(6-13)11(14)16/h1-4H,7H2,(H2,14,16). The van der Waals surface area contributed by atoms with Crippen LogP contribution in [-0.4, -0.2) is 11.6 Å². The number of amides is 1. The summed E-state index contributed by atoms with van der Waals surface area (Å²) < 4.78 is 0. The Labute approximate surface area is 97.5 Å². The highest BCUT2D eigenvalue weighted by molar-refractivity contribution is 6.44. The van der Waals surface area contributed by atoms with E-state index in [0.717, 1.165) is 5.56 Å². The summed E-state index contributed by atoms with van der Waals surface area (Å²) in [6, 6.07) is 10.1. The minimum atomic E-state index is -0.938. The van der Waals surface area contributed by atoms with E-state index < -0.39 is 11.6 Å². The average molecular weight is 228 g/mol. The average Bonchev–Trinajstić information content (AvgIpc) is 2.35. The van der Waals surface area contributed by atoms with Crippen LogP contribution >= 0.6 is 0 Å². The third-order valence-electron chi connectivity index (χ3n) is 1.81. The fourth-order valence-corrected chi connectivity index (χ4v) is 0.967. The Hall–Kier alpha value is -2.86.